The van der Waals surface area contributed by atoms with Gasteiger partial charge in [-0.25, -0.2) is 0 Å². The highest BCUT2D eigenvalue weighted by molar-refractivity contribution is 5.31. The van der Waals surface area contributed by atoms with Crippen LogP contribution in [0.3, 0.4) is 0 Å². The summed E-state index contributed by atoms with van der Waals surface area (Å²) in [7, 11) is 0. The molecular weight excluding hydrogens is 186 g/mol. The summed E-state index contributed by atoms with van der Waals surface area (Å²) in [6, 6.07) is 8.18. The van der Waals surface area contributed by atoms with Gasteiger partial charge in [-0.2, -0.15) is 0 Å². The summed E-state index contributed by atoms with van der Waals surface area (Å²) in [6.07, 6.45) is 3.88. The van der Waals surface area contributed by atoms with Gasteiger partial charge in [0.15, 0.2) is 0 Å². The van der Waals surface area contributed by atoms with E-state index in [1.54, 1.807) is 6.07 Å². The third-order valence-electron chi connectivity index (χ3n) is 3.27. The molecular formula is C13H19NO. The van der Waals surface area contributed by atoms with E-state index in [-0.39, 0.29) is 0 Å². The predicted octanol–water partition coefficient (Wildman–Crippen LogP) is 2.67. The van der Waals surface area contributed by atoms with E-state index in [0.717, 1.165) is 18.0 Å². The summed E-state index contributed by atoms with van der Waals surface area (Å²) in [5.74, 6) is 1.25. The minimum absolute atomic E-state index is 0.399. The molecule has 0 saturated heterocycles. The maximum atomic E-state index is 9.60. The Kier molecular flexibility index (Phi) is 3.27. The molecule has 2 heteroatoms. The molecule has 2 rings (SSSR count). The number of hydrogen-bond acceptors (Lipinski definition) is 2. The Morgan fingerprint density at radius 1 is 1.33 bits per heavy atom. The van der Waals surface area contributed by atoms with Crippen LogP contribution in [0.25, 0.3) is 0 Å². The quantitative estimate of drug-likeness (QED) is 0.795. The molecule has 0 radical (unpaired) electrons. The molecule has 1 saturated carbocycles. The number of benzene rings is 1. The van der Waals surface area contributed by atoms with Gasteiger partial charge in [0.2, 0.25) is 0 Å². The van der Waals surface area contributed by atoms with E-state index < -0.39 is 0 Å². The number of aromatic hydroxyl groups is 1. The molecule has 2 atom stereocenters. The number of rotatable bonds is 3. The number of para-hydroxylation sites is 1. The van der Waals surface area contributed by atoms with Gasteiger partial charge in [-0.15, -0.1) is 0 Å². The molecule has 2 nitrogen and oxygen atoms in total. The van der Waals surface area contributed by atoms with Gasteiger partial charge in [0.25, 0.3) is 0 Å². The standard InChI is InChI=1S/C13H19NO/c1-10-6-7-12(8-10)14-9-11-4-2-3-5-13(11)15/h2-5,10,12,14-15H,6-9H2,1H3. The van der Waals surface area contributed by atoms with Crippen LogP contribution >= 0.6 is 0 Å². The van der Waals surface area contributed by atoms with Crippen LogP contribution in [0.1, 0.15) is 31.7 Å². The zero-order valence-corrected chi connectivity index (χ0v) is 9.24. The fraction of sp³-hybridized carbons (Fsp3) is 0.538. The molecule has 1 aliphatic carbocycles. The first kappa shape index (κ1) is 10.5. The molecule has 0 amide bonds. The first-order valence-corrected chi connectivity index (χ1v) is 5.76. The van der Waals surface area contributed by atoms with Crippen molar-refractivity contribution < 1.29 is 5.11 Å². The Bertz CT molecular complexity index is 324. The summed E-state index contributed by atoms with van der Waals surface area (Å²) in [5.41, 5.74) is 0.997. The van der Waals surface area contributed by atoms with Crippen molar-refractivity contribution in [3.8, 4) is 5.75 Å². The maximum Gasteiger partial charge on any atom is 0.120 e. The molecule has 0 aliphatic heterocycles. The Hall–Kier alpha value is -1.02. The van der Waals surface area contributed by atoms with Gasteiger partial charge in [-0.05, 0) is 31.2 Å². The first-order valence-electron chi connectivity index (χ1n) is 5.76. The first-order chi connectivity index (χ1) is 7.25. The highest BCUT2D eigenvalue weighted by Crippen LogP contribution is 2.25. The summed E-state index contributed by atoms with van der Waals surface area (Å²) < 4.78 is 0. The Balaban J connectivity index is 1.86. The number of nitrogens with one attached hydrogen (secondary N) is 1. The van der Waals surface area contributed by atoms with Gasteiger partial charge in [-0.1, -0.05) is 25.1 Å². The van der Waals surface area contributed by atoms with Crippen LogP contribution in [-0.2, 0) is 6.54 Å². The summed E-state index contributed by atoms with van der Waals surface area (Å²) in [4.78, 5) is 0. The second-order valence-electron chi connectivity index (χ2n) is 4.62. The lowest BCUT2D eigenvalue weighted by atomic mass is 10.1. The molecule has 82 valence electrons. The zero-order valence-electron chi connectivity index (χ0n) is 9.24. The topological polar surface area (TPSA) is 32.3 Å². The summed E-state index contributed by atoms with van der Waals surface area (Å²) in [5, 5.41) is 13.1. The second-order valence-corrected chi connectivity index (χ2v) is 4.62. The largest absolute Gasteiger partial charge is 0.508 e. The van der Waals surface area contributed by atoms with Crippen molar-refractivity contribution in [2.75, 3.05) is 0 Å². The van der Waals surface area contributed by atoms with Crippen molar-refractivity contribution in [2.24, 2.45) is 5.92 Å². The van der Waals surface area contributed by atoms with Crippen molar-refractivity contribution >= 4 is 0 Å². The molecule has 0 bridgehead atoms. The predicted molar refractivity (Wildman–Crippen MR) is 61.7 cm³/mol. The minimum Gasteiger partial charge on any atom is -0.508 e. The Morgan fingerprint density at radius 2 is 2.13 bits per heavy atom. The summed E-state index contributed by atoms with van der Waals surface area (Å²) in [6.45, 7) is 3.09. The molecule has 0 spiro atoms. The lowest BCUT2D eigenvalue weighted by Crippen LogP contribution is -2.25. The number of hydrogen-bond donors (Lipinski definition) is 2. The van der Waals surface area contributed by atoms with Crippen LogP contribution in [0.15, 0.2) is 24.3 Å². The van der Waals surface area contributed by atoms with Gasteiger partial charge >= 0.3 is 0 Å². The van der Waals surface area contributed by atoms with Crippen molar-refractivity contribution in [1.29, 1.82) is 0 Å². The third kappa shape index (κ3) is 2.72. The molecule has 2 N–H and O–H groups in total. The number of phenols is 1. The Morgan fingerprint density at radius 3 is 2.80 bits per heavy atom. The van der Waals surface area contributed by atoms with E-state index in [1.807, 2.05) is 18.2 Å². The van der Waals surface area contributed by atoms with Crippen LogP contribution in [0.4, 0.5) is 0 Å². The van der Waals surface area contributed by atoms with E-state index in [1.165, 1.54) is 19.3 Å². The normalized spacial score (nSPS) is 25.7. The molecule has 0 heterocycles. The molecule has 0 aromatic heterocycles. The van der Waals surface area contributed by atoms with Crippen molar-refractivity contribution in [2.45, 2.75) is 38.8 Å². The van der Waals surface area contributed by atoms with E-state index >= 15 is 0 Å². The van der Waals surface area contributed by atoms with E-state index in [0.29, 0.717) is 11.8 Å². The van der Waals surface area contributed by atoms with E-state index in [4.69, 9.17) is 0 Å². The summed E-state index contributed by atoms with van der Waals surface area (Å²) >= 11 is 0. The van der Waals surface area contributed by atoms with Crippen LogP contribution in [-0.4, -0.2) is 11.1 Å². The fourth-order valence-corrected chi connectivity index (χ4v) is 2.31. The molecule has 1 aliphatic rings. The molecule has 1 aromatic rings. The van der Waals surface area contributed by atoms with Gasteiger partial charge in [0, 0.05) is 18.2 Å². The van der Waals surface area contributed by atoms with Gasteiger partial charge < -0.3 is 10.4 Å². The monoisotopic (exact) mass is 205 g/mol. The lowest BCUT2D eigenvalue weighted by Gasteiger charge is -2.12. The SMILES string of the molecule is CC1CCC(NCc2ccccc2O)C1. The van der Waals surface area contributed by atoms with Crippen LogP contribution in [0.2, 0.25) is 0 Å². The smallest absolute Gasteiger partial charge is 0.120 e. The Labute approximate surface area is 91.3 Å². The lowest BCUT2D eigenvalue weighted by molar-refractivity contribution is 0.453. The van der Waals surface area contributed by atoms with Crippen molar-refractivity contribution in [3.05, 3.63) is 29.8 Å². The highest BCUT2D eigenvalue weighted by atomic mass is 16.3. The molecule has 15 heavy (non-hydrogen) atoms. The van der Waals surface area contributed by atoms with Gasteiger partial charge in [-0.3, -0.25) is 0 Å². The average Bonchev–Trinajstić information content (AvgIpc) is 2.63. The highest BCUT2D eigenvalue weighted by Gasteiger charge is 2.20. The minimum atomic E-state index is 0.399. The van der Waals surface area contributed by atoms with E-state index in [9.17, 15) is 5.11 Å². The average molecular weight is 205 g/mol. The number of phenolic OH excluding ortho intramolecular Hbond substituents is 1. The molecule has 2 unspecified atom stereocenters. The van der Waals surface area contributed by atoms with E-state index in [2.05, 4.69) is 12.2 Å². The zero-order chi connectivity index (χ0) is 10.7. The molecule has 1 fully saturated rings. The van der Waals surface area contributed by atoms with Crippen LogP contribution in [0.5, 0.6) is 5.75 Å². The van der Waals surface area contributed by atoms with Crippen molar-refractivity contribution in [1.82, 2.24) is 5.32 Å². The van der Waals surface area contributed by atoms with Gasteiger partial charge in [0.1, 0.15) is 5.75 Å². The van der Waals surface area contributed by atoms with Crippen LogP contribution < -0.4 is 5.32 Å². The third-order valence-corrected chi connectivity index (χ3v) is 3.27. The fourth-order valence-electron chi connectivity index (χ4n) is 2.31. The van der Waals surface area contributed by atoms with Crippen molar-refractivity contribution in [3.63, 3.8) is 0 Å². The van der Waals surface area contributed by atoms with Crippen LogP contribution in [0, 0.1) is 5.92 Å². The second kappa shape index (κ2) is 4.67. The van der Waals surface area contributed by atoms with Gasteiger partial charge in [0.05, 0.1) is 0 Å². The maximum absolute atomic E-state index is 9.60. The molecule has 1 aromatic carbocycles.